The van der Waals surface area contributed by atoms with E-state index in [2.05, 4.69) is 14.7 Å². The number of nitrogens with one attached hydrogen (secondary N) is 2. The largest absolute Gasteiger partial charge is 0.335 e. The maximum Gasteiger partial charge on any atom is 0.257 e. The fraction of sp³-hybridized carbons (Fsp3) is 0.667. The Labute approximate surface area is 95.7 Å². The monoisotopic (exact) mass is 246 g/mol. The van der Waals surface area contributed by atoms with E-state index in [-0.39, 0.29) is 17.6 Å². The summed E-state index contributed by atoms with van der Waals surface area (Å²) in [5.41, 5.74) is 5.78. The Bertz CT molecular complexity index is 399. The molecule has 92 valence electrons. The van der Waals surface area contributed by atoms with E-state index < -0.39 is 10.0 Å². The van der Waals surface area contributed by atoms with Crippen LogP contribution < -0.4 is 10.5 Å². The Morgan fingerprint density at radius 2 is 2.25 bits per heavy atom. The number of aromatic nitrogens is 2. The molecule has 1 atom stereocenters. The average Bonchev–Trinajstić information content (AvgIpc) is 2.67. The van der Waals surface area contributed by atoms with Gasteiger partial charge in [-0.2, -0.15) is 0 Å². The molecule has 0 aliphatic carbocycles. The van der Waals surface area contributed by atoms with Crippen LogP contribution in [0.25, 0.3) is 0 Å². The van der Waals surface area contributed by atoms with Crippen LogP contribution in [0, 0.1) is 5.92 Å². The molecule has 0 radical (unpaired) electrons. The molecule has 4 N–H and O–H groups in total. The lowest BCUT2D eigenvalue weighted by Gasteiger charge is -2.14. The minimum Gasteiger partial charge on any atom is -0.335 e. The van der Waals surface area contributed by atoms with E-state index in [0.717, 1.165) is 6.42 Å². The van der Waals surface area contributed by atoms with Gasteiger partial charge >= 0.3 is 0 Å². The molecule has 0 aliphatic rings. The van der Waals surface area contributed by atoms with Gasteiger partial charge in [-0.05, 0) is 12.3 Å². The van der Waals surface area contributed by atoms with Crippen LogP contribution in [0.5, 0.6) is 0 Å². The molecule has 1 heterocycles. The third kappa shape index (κ3) is 3.92. The number of imidazole rings is 1. The summed E-state index contributed by atoms with van der Waals surface area (Å²) in [4.78, 5) is 6.20. The zero-order valence-corrected chi connectivity index (χ0v) is 10.3. The van der Waals surface area contributed by atoms with Crippen molar-refractivity contribution in [3.05, 3.63) is 12.5 Å². The molecule has 0 saturated heterocycles. The Balaban J connectivity index is 2.49. The van der Waals surface area contributed by atoms with Gasteiger partial charge in [-0.1, -0.05) is 13.8 Å². The lowest BCUT2D eigenvalue weighted by atomic mass is 10.1. The number of H-pyrrole nitrogens is 1. The second kappa shape index (κ2) is 5.42. The number of sulfonamides is 1. The van der Waals surface area contributed by atoms with Gasteiger partial charge < -0.3 is 10.7 Å². The first-order chi connectivity index (χ1) is 7.42. The summed E-state index contributed by atoms with van der Waals surface area (Å²) in [6, 6.07) is -0.169. The zero-order valence-electron chi connectivity index (χ0n) is 9.47. The molecular weight excluding hydrogens is 228 g/mol. The highest BCUT2D eigenvalue weighted by Crippen LogP contribution is 2.04. The molecule has 16 heavy (non-hydrogen) atoms. The number of aromatic amines is 1. The standard InChI is InChI=1S/C9H18N4O2S/c1-7(2)3-8(10)4-13-16(14,15)9-5-11-6-12-9/h5-8,13H,3-4,10H2,1-2H3,(H,11,12). The Morgan fingerprint density at radius 1 is 1.56 bits per heavy atom. The van der Waals surface area contributed by atoms with Crippen molar-refractivity contribution in [2.24, 2.45) is 11.7 Å². The summed E-state index contributed by atoms with van der Waals surface area (Å²) in [5, 5.41) is 0.0595. The second-order valence-electron chi connectivity index (χ2n) is 4.16. The normalized spacial score (nSPS) is 14.2. The van der Waals surface area contributed by atoms with Gasteiger partial charge in [0.15, 0.2) is 5.03 Å². The van der Waals surface area contributed by atoms with Crippen LogP contribution in [0.4, 0.5) is 0 Å². The first-order valence-corrected chi connectivity index (χ1v) is 6.63. The maximum atomic E-state index is 11.6. The summed E-state index contributed by atoms with van der Waals surface area (Å²) in [6.45, 7) is 4.33. The van der Waals surface area contributed by atoms with E-state index in [4.69, 9.17) is 5.73 Å². The molecule has 0 amide bonds. The van der Waals surface area contributed by atoms with Crippen molar-refractivity contribution in [1.29, 1.82) is 0 Å². The summed E-state index contributed by atoms with van der Waals surface area (Å²) in [5.74, 6) is 0.451. The molecule has 0 bridgehead atoms. The van der Waals surface area contributed by atoms with Crippen molar-refractivity contribution in [1.82, 2.24) is 14.7 Å². The van der Waals surface area contributed by atoms with Gasteiger partial charge in [0.1, 0.15) is 0 Å². The topological polar surface area (TPSA) is 101 Å². The highest BCUT2D eigenvalue weighted by molar-refractivity contribution is 7.89. The maximum absolute atomic E-state index is 11.6. The smallest absolute Gasteiger partial charge is 0.257 e. The van der Waals surface area contributed by atoms with Crippen molar-refractivity contribution >= 4 is 10.0 Å². The van der Waals surface area contributed by atoms with Crippen molar-refractivity contribution in [3.63, 3.8) is 0 Å². The van der Waals surface area contributed by atoms with Crippen LogP contribution in [0.3, 0.4) is 0 Å². The van der Waals surface area contributed by atoms with Gasteiger partial charge in [-0.3, -0.25) is 0 Å². The van der Waals surface area contributed by atoms with Gasteiger partial charge in [0.05, 0.1) is 12.5 Å². The summed E-state index contributed by atoms with van der Waals surface area (Å²) in [6.07, 6.45) is 3.37. The predicted molar refractivity (Wildman–Crippen MR) is 61.2 cm³/mol. The van der Waals surface area contributed by atoms with Gasteiger partial charge in [0.2, 0.25) is 0 Å². The van der Waals surface area contributed by atoms with Crippen molar-refractivity contribution < 1.29 is 8.42 Å². The Kier molecular flexibility index (Phi) is 4.45. The SMILES string of the molecule is CC(C)CC(N)CNS(=O)(=O)c1cnc[nH]1. The Morgan fingerprint density at radius 3 is 2.75 bits per heavy atom. The Hall–Kier alpha value is -0.920. The van der Waals surface area contributed by atoms with Crippen molar-refractivity contribution in [3.8, 4) is 0 Å². The zero-order chi connectivity index (χ0) is 12.2. The number of rotatable bonds is 6. The van der Waals surface area contributed by atoms with Crippen molar-refractivity contribution in [2.75, 3.05) is 6.54 Å². The number of nitrogens with zero attached hydrogens (tertiary/aromatic N) is 1. The summed E-state index contributed by atoms with van der Waals surface area (Å²) in [7, 11) is -3.50. The van der Waals surface area contributed by atoms with E-state index >= 15 is 0 Å². The third-order valence-corrected chi connectivity index (χ3v) is 3.42. The molecule has 0 aliphatic heterocycles. The lowest BCUT2D eigenvalue weighted by Crippen LogP contribution is -2.38. The van der Waals surface area contributed by atoms with Gasteiger partial charge in [-0.15, -0.1) is 0 Å². The van der Waals surface area contributed by atoms with Crippen LogP contribution in [-0.4, -0.2) is 31.0 Å². The second-order valence-corrected chi connectivity index (χ2v) is 5.89. The average molecular weight is 246 g/mol. The molecule has 1 rings (SSSR count). The molecule has 1 aromatic rings. The lowest BCUT2D eigenvalue weighted by molar-refractivity contribution is 0.485. The van der Waals surface area contributed by atoms with Crippen molar-refractivity contribution in [2.45, 2.75) is 31.3 Å². The van der Waals surface area contributed by atoms with E-state index in [1.54, 1.807) is 0 Å². The van der Waals surface area contributed by atoms with E-state index in [0.29, 0.717) is 5.92 Å². The molecule has 1 aromatic heterocycles. The molecule has 0 fully saturated rings. The van der Waals surface area contributed by atoms with Crippen LogP contribution in [0.15, 0.2) is 17.6 Å². The van der Waals surface area contributed by atoms with Crippen LogP contribution in [0.1, 0.15) is 20.3 Å². The van der Waals surface area contributed by atoms with Gasteiger partial charge in [-0.25, -0.2) is 18.1 Å². The minimum atomic E-state index is -3.50. The minimum absolute atomic E-state index is 0.0595. The molecule has 0 aromatic carbocycles. The first-order valence-electron chi connectivity index (χ1n) is 5.15. The molecule has 0 spiro atoms. The molecule has 6 nitrogen and oxygen atoms in total. The fourth-order valence-electron chi connectivity index (χ4n) is 1.37. The summed E-state index contributed by atoms with van der Waals surface area (Å²) < 4.78 is 25.7. The first kappa shape index (κ1) is 13.1. The fourth-order valence-corrected chi connectivity index (χ4v) is 2.37. The molecular formula is C9H18N4O2S. The van der Waals surface area contributed by atoms with E-state index in [1.807, 2.05) is 13.8 Å². The molecule has 1 unspecified atom stereocenters. The molecule has 7 heteroatoms. The molecule has 0 saturated carbocycles. The van der Waals surface area contributed by atoms with Crippen LogP contribution in [0.2, 0.25) is 0 Å². The predicted octanol–water partition coefficient (Wildman–Crippen LogP) is 0.0614. The highest BCUT2D eigenvalue weighted by atomic mass is 32.2. The number of hydrogen-bond donors (Lipinski definition) is 3. The number of nitrogens with two attached hydrogens (primary N) is 1. The van der Waals surface area contributed by atoms with Crippen LogP contribution in [-0.2, 0) is 10.0 Å². The van der Waals surface area contributed by atoms with E-state index in [9.17, 15) is 8.42 Å². The van der Waals surface area contributed by atoms with Crippen LogP contribution >= 0.6 is 0 Å². The number of hydrogen-bond acceptors (Lipinski definition) is 4. The third-order valence-electron chi connectivity index (χ3n) is 2.07. The van der Waals surface area contributed by atoms with Gasteiger partial charge in [0, 0.05) is 12.6 Å². The summed E-state index contributed by atoms with van der Waals surface area (Å²) >= 11 is 0. The quantitative estimate of drug-likeness (QED) is 0.660. The van der Waals surface area contributed by atoms with E-state index in [1.165, 1.54) is 12.5 Å². The van der Waals surface area contributed by atoms with Gasteiger partial charge in [0.25, 0.3) is 10.0 Å². The highest BCUT2D eigenvalue weighted by Gasteiger charge is 2.16.